The Hall–Kier alpha value is 0.150. The lowest BCUT2D eigenvalue weighted by atomic mass is 9.95. The zero-order chi connectivity index (χ0) is 15.1. The quantitative estimate of drug-likeness (QED) is 0.363. The molecule has 2 N–H and O–H groups in total. The van der Waals surface area contributed by atoms with Gasteiger partial charge in [-0.05, 0) is 38.5 Å². The predicted octanol–water partition coefficient (Wildman–Crippen LogP) is 3.04. The summed E-state index contributed by atoms with van der Waals surface area (Å²) in [7, 11) is -0.656. The van der Waals surface area contributed by atoms with E-state index in [2.05, 4.69) is 17.6 Å². The van der Waals surface area contributed by atoms with Crippen molar-refractivity contribution in [1.82, 2.24) is 10.6 Å². The Morgan fingerprint density at radius 3 is 2.64 bits per heavy atom. The fraction of sp³-hybridized carbons (Fsp3) is 0.938. The van der Waals surface area contributed by atoms with E-state index in [1.807, 2.05) is 6.92 Å². The molecule has 2 rings (SSSR count). The Kier molecular flexibility index (Phi) is 9.95. The lowest BCUT2D eigenvalue weighted by molar-refractivity contribution is 0.413. The summed E-state index contributed by atoms with van der Waals surface area (Å²) in [6.45, 7) is 5.95. The highest BCUT2D eigenvalue weighted by atomic mass is 127. The molecule has 0 aromatic carbocycles. The molecular weight excluding hydrogens is 409 g/mol. The van der Waals surface area contributed by atoms with Gasteiger partial charge in [-0.2, -0.15) is 0 Å². The molecule has 2 saturated carbocycles. The average Bonchev–Trinajstić information content (AvgIpc) is 3.31. The molecule has 0 radical (unpaired) electrons. The van der Waals surface area contributed by atoms with Crippen LogP contribution in [0.5, 0.6) is 0 Å². The standard InChI is InChI=1S/C16H31N3OS.HI/c1-3-17-16(18-11-10-13-8-9-13)19-14-6-5-7-15(12-14)21(20)4-2;/h13-15H,3-12H2,1-2H3,(H2,17,18,19);1H. The second kappa shape index (κ2) is 10.8. The largest absolute Gasteiger partial charge is 0.357 e. The summed E-state index contributed by atoms with van der Waals surface area (Å²) >= 11 is 0. The van der Waals surface area contributed by atoms with Gasteiger partial charge in [-0.3, -0.25) is 9.20 Å². The van der Waals surface area contributed by atoms with E-state index >= 15 is 0 Å². The molecule has 0 bridgehead atoms. The van der Waals surface area contributed by atoms with E-state index in [-0.39, 0.29) is 24.0 Å². The molecule has 0 aliphatic heterocycles. The van der Waals surface area contributed by atoms with Crippen molar-refractivity contribution in [3.8, 4) is 0 Å². The fourth-order valence-electron chi connectivity index (χ4n) is 3.03. The maximum atomic E-state index is 12.0. The summed E-state index contributed by atoms with van der Waals surface area (Å²) < 4.78 is 12.0. The number of guanidine groups is 1. The van der Waals surface area contributed by atoms with Gasteiger partial charge in [-0.15, -0.1) is 24.0 Å². The Labute approximate surface area is 155 Å². The molecule has 2 aliphatic rings. The summed E-state index contributed by atoms with van der Waals surface area (Å²) in [5, 5.41) is 7.28. The highest BCUT2D eigenvalue weighted by molar-refractivity contribution is 14.0. The Morgan fingerprint density at radius 1 is 1.23 bits per heavy atom. The van der Waals surface area contributed by atoms with Gasteiger partial charge in [0.15, 0.2) is 5.96 Å². The van der Waals surface area contributed by atoms with Crippen LogP contribution >= 0.6 is 24.0 Å². The lowest BCUT2D eigenvalue weighted by Crippen LogP contribution is -2.46. The summed E-state index contributed by atoms with van der Waals surface area (Å²) in [5.74, 6) is 2.67. The monoisotopic (exact) mass is 441 g/mol. The maximum absolute atomic E-state index is 12.0. The molecule has 2 aliphatic carbocycles. The van der Waals surface area contributed by atoms with Crippen molar-refractivity contribution >= 4 is 40.7 Å². The van der Waals surface area contributed by atoms with Crippen LogP contribution in [0.15, 0.2) is 4.99 Å². The molecule has 0 amide bonds. The minimum atomic E-state index is -0.656. The molecule has 0 aromatic heterocycles. The summed E-state index contributed by atoms with van der Waals surface area (Å²) in [6.07, 6.45) is 8.50. The first-order valence-corrected chi connectivity index (χ1v) is 10.0. The predicted molar refractivity (Wildman–Crippen MR) is 107 cm³/mol. The van der Waals surface area contributed by atoms with Crippen LogP contribution in [0, 0.1) is 5.92 Å². The van der Waals surface area contributed by atoms with Gasteiger partial charge in [0.1, 0.15) is 0 Å². The number of halogens is 1. The van der Waals surface area contributed by atoms with Crippen molar-refractivity contribution in [3.05, 3.63) is 0 Å². The third kappa shape index (κ3) is 7.15. The first-order valence-electron chi connectivity index (χ1n) is 8.65. The van der Waals surface area contributed by atoms with Crippen LogP contribution < -0.4 is 10.6 Å². The molecule has 6 heteroatoms. The minimum Gasteiger partial charge on any atom is -0.357 e. The van der Waals surface area contributed by atoms with Crippen molar-refractivity contribution in [2.24, 2.45) is 10.9 Å². The molecular formula is C16H32IN3OS. The number of aliphatic imine (C=N–C) groups is 1. The highest BCUT2D eigenvalue weighted by Crippen LogP contribution is 2.32. The van der Waals surface area contributed by atoms with Crippen LogP contribution in [0.3, 0.4) is 0 Å². The molecule has 3 unspecified atom stereocenters. The molecule has 0 spiro atoms. The van der Waals surface area contributed by atoms with Gasteiger partial charge in [-0.25, -0.2) is 0 Å². The van der Waals surface area contributed by atoms with Crippen LogP contribution in [-0.2, 0) is 10.8 Å². The maximum Gasteiger partial charge on any atom is 0.191 e. The van der Waals surface area contributed by atoms with E-state index in [1.165, 1.54) is 32.1 Å². The van der Waals surface area contributed by atoms with Crippen LogP contribution in [0.4, 0.5) is 0 Å². The van der Waals surface area contributed by atoms with Crippen molar-refractivity contribution < 1.29 is 4.21 Å². The number of rotatable bonds is 7. The third-order valence-electron chi connectivity index (χ3n) is 4.47. The van der Waals surface area contributed by atoms with Crippen LogP contribution in [0.2, 0.25) is 0 Å². The molecule has 0 aromatic rings. The first-order chi connectivity index (χ1) is 10.2. The highest BCUT2D eigenvalue weighted by Gasteiger charge is 2.26. The Morgan fingerprint density at radius 2 is 2.00 bits per heavy atom. The number of hydrogen-bond acceptors (Lipinski definition) is 2. The van der Waals surface area contributed by atoms with Crippen molar-refractivity contribution in [2.75, 3.05) is 18.8 Å². The van der Waals surface area contributed by atoms with Gasteiger partial charge in [0, 0.05) is 40.9 Å². The number of nitrogens with zero attached hydrogens (tertiary/aromatic N) is 1. The second-order valence-electron chi connectivity index (χ2n) is 6.29. The Balaban J connectivity index is 0.00000242. The average molecular weight is 441 g/mol. The van der Waals surface area contributed by atoms with Gasteiger partial charge in [0.2, 0.25) is 0 Å². The molecule has 0 saturated heterocycles. The van der Waals surface area contributed by atoms with E-state index in [9.17, 15) is 4.21 Å². The second-order valence-corrected chi connectivity index (χ2v) is 8.30. The summed E-state index contributed by atoms with van der Waals surface area (Å²) in [6, 6.07) is 0.429. The third-order valence-corrected chi connectivity index (χ3v) is 6.21. The van der Waals surface area contributed by atoms with Gasteiger partial charge in [-0.1, -0.05) is 26.2 Å². The first kappa shape index (κ1) is 20.2. The van der Waals surface area contributed by atoms with Gasteiger partial charge < -0.3 is 10.6 Å². The number of nitrogens with one attached hydrogen (secondary N) is 2. The fourth-order valence-corrected chi connectivity index (χ4v) is 4.38. The molecule has 22 heavy (non-hydrogen) atoms. The summed E-state index contributed by atoms with van der Waals surface area (Å²) in [4.78, 5) is 4.70. The van der Waals surface area contributed by atoms with Gasteiger partial charge >= 0.3 is 0 Å². The van der Waals surface area contributed by atoms with Crippen LogP contribution in [-0.4, -0.2) is 40.3 Å². The van der Waals surface area contributed by atoms with E-state index < -0.39 is 10.8 Å². The van der Waals surface area contributed by atoms with E-state index in [1.54, 1.807) is 0 Å². The van der Waals surface area contributed by atoms with Gasteiger partial charge in [0.05, 0.1) is 0 Å². The Bertz CT molecular complexity index is 374. The van der Waals surface area contributed by atoms with Crippen molar-refractivity contribution in [3.63, 3.8) is 0 Å². The molecule has 4 nitrogen and oxygen atoms in total. The zero-order valence-electron chi connectivity index (χ0n) is 14.0. The molecule has 130 valence electrons. The smallest absolute Gasteiger partial charge is 0.191 e. The SMILES string of the molecule is CCNC(=NCCC1CC1)NC1CCCC(S(=O)CC)C1.I. The summed E-state index contributed by atoms with van der Waals surface area (Å²) in [5.41, 5.74) is 0. The lowest BCUT2D eigenvalue weighted by Gasteiger charge is -2.30. The van der Waals surface area contributed by atoms with Crippen LogP contribution in [0.1, 0.15) is 58.8 Å². The zero-order valence-corrected chi connectivity index (χ0v) is 17.1. The normalized spacial score (nSPS) is 26.9. The van der Waals surface area contributed by atoms with E-state index in [4.69, 9.17) is 4.99 Å². The van der Waals surface area contributed by atoms with Crippen LogP contribution in [0.25, 0.3) is 0 Å². The van der Waals surface area contributed by atoms with E-state index in [0.717, 1.165) is 43.6 Å². The molecule has 0 heterocycles. The topological polar surface area (TPSA) is 53.5 Å². The van der Waals surface area contributed by atoms with E-state index in [0.29, 0.717) is 11.3 Å². The van der Waals surface area contributed by atoms with Gasteiger partial charge in [0.25, 0.3) is 0 Å². The van der Waals surface area contributed by atoms with Crippen molar-refractivity contribution in [1.29, 1.82) is 0 Å². The molecule has 2 fully saturated rings. The minimum absolute atomic E-state index is 0. The number of hydrogen-bond donors (Lipinski definition) is 2. The van der Waals surface area contributed by atoms with Crippen molar-refractivity contribution in [2.45, 2.75) is 70.1 Å². The molecule has 3 atom stereocenters.